The van der Waals surface area contributed by atoms with E-state index in [2.05, 4.69) is 15.6 Å². The average Bonchev–Trinajstić information content (AvgIpc) is 2.93. The Labute approximate surface area is 140 Å². The van der Waals surface area contributed by atoms with Crippen LogP contribution in [0.5, 0.6) is 0 Å². The van der Waals surface area contributed by atoms with Crippen molar-refractivity contribution < 1.29 is 9.53 Å². The second-order valence-corrected chi connectivity index (χ2v) is 5.48. The van der Waals surface area contributed by atoms with Crippen molar-refractivity contribution in [3.63, 3.8) is 0 Å². The topological polar surface area (TPSA) is 63.2 Å². The lowest BCUT2D eigenvalue weighted by molar-refractivity contribution is -0.115. The molecule has 2 rings (SSSR count). The van der Waals surface area contributed by atoms with Gasteiger partial charge < -0.3 is 15.4 Å². The molecule has 0 aliphatic heterocycles. The van der Waals surface area contributed by atoms with Gasteiger partial charge in [0.05, 0.1) is 18.8 Å². The Morgan fingerprint density at radius 2 is 2.05 bits per heavy atom. The lowest BCUT2D eigenvalue weighted by Gasteiger charge is -2.03. The van der Waals surface area contributed by atoms with Crippen LogP contribution in [0, 0.1) is 6.92 Å². The van der Waals surface area contributed by atoms with Crippen LogP contribution in [0.15, 0.2) is 29.6 Å². The number of rotatable bonds is 7. The summed E-state index contributed by atoms with van der Waals surface area (Å²) in [5.41, 5.74) is 3.14. The van der Waals surface area contributed by atoms with E-state index < -0.39 is 0 Å². The molecule has 5 nitrogen and oxygen atoms in total. The molecule has 0 spiro atoms. The highest BCUT2D eigenvalue weighted by Crippen LogP contribution is 2.24. The zero-order valence-electron chi connectivity index (χ0n) is 12.6. The molecule has 2 aromatic rings. The number of methoxy groups -OCH3 is 1. The van der Waals surface area contributed by atoms with E-state index in [1.165, 1.54) is 16.9 Å². The normalized spacial score (nSPS) is 10.1. The number of nitrogens with zero attached hydrogens (tertiary/aromatic N) is 1. The fraction of sp³-hybridized carbons (Fsp3) is 0.333. The lowest BCUT2D eigenvalue weighted by Crippen LogP contribution is -2.30. The molecule has 0 aliphatic rings. The first-order chi connectivity index (χ1) is 10.2. The van der Waals surface area contributed by atoms with Gasteiger partial charge in [-0.25, -0.2) is 4.98 Å². The molecule has 0 unspecified atom stereocenters. The molecule has 1 amide bonds. The van der Waals surface area contributed by atoms with Crippen LogP contribution in [-0.4, -0.2) is 37.7 Å². The maximum absolute atomic E-state index is 11.7. The van der Waals surface area contributed by atoms with Gasteiger partial charge in [-0.3, -0.25) is 4.79 Å². The van der Waals surface area contributed by atoms with E-state index in [0.29, 0.717) is 18.3 Å². The molecule has 120 valence electrons. The quantitative estimate of drug-likeness (QED) is 0.760. The molecule has 7 heteroatoms. The number of ether oxygens (including phenoxy) is 1. The molecule has 0 saturated heterocycles. The van der Waals surface area contributed by atoms with E-state index in [1.54, 1.807) is 7.11 Å². The molecule has 2 N–H and O–H groups in total. The number of amides is 1. The Hall–Kier alpha value is -1.47. The highest BCUT2D eigenvalue weighted by Gasteiger charge is 2.07. The standard InChI is InChI=1S/C15H19N3O2S.ClH/c1-11-3-5-12(6-4-11)13-10-21-15(17-13)18-14(19)9-16-7-8-20-2;/h3-6,10,16H,7-9H2,1-2H3,(H,17,18,19);1H. The van der Waals surface area contributed by atoms with Crippen LogP contribution in [-0.2, 0) is 9.53 Å². The first-order valence-corrected chi connectivity index (χ1v) is 7.59. The van der Waals surface area contributed by atoms with E-state index in [1.807, 2.05) is 36.6 Å². The summed E-state index contributed by atoms with van der Waals surface area (Å²) in [5.74, 6) is -0.101. The number of anilines is 1. The predicted molar refractivity (Wildman–Crippen MR) is 92.9 cm³/mol. The number of aromatic nitrogens is 1. The molecular weight excluding hydrogens is 322 g/mol. The van der Waals surface area contributed by atoms with E-state index in [0.717, 1.165) is 11.3 Å². The highest BCUT2D eigenvalue weighted by atomic mass is 35.5. The van der Waals surface area contributed by atoms with Crippen molar-refractivity contribution in [2.75, 3.05) is 32.1 Å². The second kappa shape index (κ2) is 9.53. The second-order valence-electron chi connectivity index (χ2n) is 4.62. The van der Waals surface area contributed by atoms with Crippen molar-refractivity contribution in [3.05, 3.63) is 35.2 Å². The largest absolute Gasteiger partial charge is 0.383 e. The maximum Gasteiger partial charge on any atom is 0.240 e. The first kappa shape index (κ1) is 18.6. The maximum atomic E-state index is 11.7. The van der Waals surface area contributed by atoms with Crippen LogP contribution in [0.3, 0.4) is 0 Å². The van der Waals surface area contributed by atoms with E-state index in [4.69, 9.17) is 4.74 Å². The SMILES string of the molecule is COCCNCC(=O)Nc1nc(-c2ccc(C)cc2)cs1.Cl. The molecule has 0 radical (unpaired) electrons. The summed E-state index contributed by atoms with van der Waals surface area (Å²) in [5, 5.41) is 8.33. The summed E-state index contributed by atoms with van der Waals surface area (Å²) in [6.07, 6.45) is 0. The van der Waals surface area contributed by atoms with Gasteiger partial charge in [0.25, 0.3) is 0 Å². The van der Waals surface area contributed by atoms with E-state index >= 15 is 0 Å². The Kier molecular flexibility index (Phi) is 8.05. The predicted octanol–water partition coefficient (Wildman–Crippen LogP) is 2.71. The highest BCUT2D eigenvalue weighted by molar-refractivity contribution is 7.14. The number of halogens is 1. The van der Waals surface area contributed by atoms with E-state index in [-0.39, 0.29) is 24.9 Å². The van der Waals surface area contributed by atoms with Crippen molar-refractivity contribution in [2.45, 2.75) is 6.92 Å². The van der Waals surface area contributed by atoms with Crippen LogP contribution in [0.1, 0.15) is 5.56 Å². The van der Waals surface area contributed by atoms with Gasteiger partial charge in [0.1, 0.15) is 0 Å². The van der Waals surface area contributed by atoms with Crippen LogP contribution < -0.4 is 10.6 Å². The van der Waals surface area contributed by atoms with Gasteiger partial charge in [0, 0.05) is 24.6 Å². The van der Waals surface area contributed by atoms with Crippen LogP contribution in [0.2, 0.25) is 0 Å². The smallest absolute Gasteiger partial charge is 0.240 e. The van der Waals surface area contributed by atoms with Crippen molar-refractivity contribution in [1.82, 2.24) is 10.3 Å². The third kappa shape index (κ3) is 5.73. The summed E-state index contributed by atoms with van der Waals surface area (Å²) in [4.78, 5) is 16.1. The number of hydrogen-bond acceptors (Lipinski definition) is 5. The number of nitrogens with one attached hydrogen (secondary N) is 2. The van der Waals surface area contributed by atoms with Gasteiger partial charge >= 0.3 is 0 Å². The molecule has 1 aromatic carbocycles. The number of carbonyl (C=O) groups excluding carboxylic acids is 1. The van der Waals surface area contributed by atoms with Crippen LogP contribution in [0.4, 0.5) is 5.13 Å². The number of aryl methyl sites for hydroxylation is 1. The molecule has 1 heterocycles. The summed E-state index contributed by atoms with van der Waals surface area (Å²) >= 11 is 1.43. The first-order valence-electron chi connectivity index (χ1n) is 6.71. The molecular formula is C15H20ClN3O2S. The zero-order chi connectivity index (χ0) is 15.1. The van der Waals surface area contributed by atoms with Gasteiger partial charge in [-0.05, 0) is 6.92 Å². The summed E-state index contributed by atoms with van der Waals surface area (Å²) in [6, 6.07) is 8.16. The monoisotopic (exact) mass is 341 g/mol. The van der Waals surface area contributed by atoms with Gasteiger partial charge in [-0.2, -0.15) is 0 Å². The third-order valence-corrected chi connectivity index (χ3v) is 3.62. The Bertz CT molecular complexity index is 587. The van der Waals surface area contributed by atoms with Crippen molar-refractivity contribution in [3.8, 4) is 11.3 Å². The Morgan fingerprint density at radius 1 is 1.32 bits per heavy atom. The minimum absolute atomic E-state index is 0. The lowest BCUT2D eigenvalue weighted by atomic mass is 10.1. The molecule has 0 bridgehead atoms. The molecule has 22 heavy (non-hydrogen) atoms. The van der Waals surface area contributed by atoms with Gasteiger partial charge in [-0.1, -0.05) is 29.8 Å². The Balaban J connectivity index is 0.00000242. The molecule has 1 aromatic heterocycles. The van der Waals surface area contributed by atoms with Crippen LogP contribution in [0.25, 0.3) is 11.3 Å². The Morgan fingerprint density at radius 3 is 2.73 bits per heavy atom. The number of thiazole rings is 1. The molecule has 0 atom stereocenters. The van der Waals surface area contributed by atoms with Gasteiger partial charge in [0.15, 0.2) is 5.13 Å². The molecule has 0 aliphatic carbocycles. The van der Waals surface area contributed by atoms with Crippen molar-refractivity contribution >= 4 is 34.8 Å². The van der Waals surface area contributed by atoms with Crippen LogP contribution >= 0.6 is 23.7 Å². The number of hydrogen-bond donors (Lipinski definition) is 2. The van der Waals surface area contributed by atoms with Crippen molar-refractivity contribution in [2.24, 2.45) is 0 Å². The molecule has 0 fully saturated rings. The molecule has 0 saturated carbocycles. The zero-order valence-corrected chi connectivity index (χ0v) is 14.2. The third-order valence-electron chi connectivity index (χ3n) is 2.87. The number of carbonyl (C=O) groups is 1. The summed E-state index contributed by atoms with van der Waals surface area (Å²) in [7, 11) is 1.63. The van der Waals surface area contributed by atoms with Gasteiger partial charge in [-0.15, -0.1) is 23.7 Å². The average molecular weight is 342 g/mol. The fourth-order valence-corrected chi connectivity index (χ4v) is 2.46. The number of benzene rings is 1. The summed E-state index contributed by atoms with van der Waals surface area (Å²) in [6.45, 7) is 3.54. The van der Waals surface area contributed by atoms with Gasteiger partial charge in [0.2, 0.25) is 5.91 Å². The minimum Gasteiger partial charge on any atom is -0.383 e. The summed E-state index contributed by atoms with van der Waals surface area (Å²) < 4.78 is 4.90. The van der Waals surface area contributed by atoms with E-state index in [9.17, 15) is 4.79 Å². The minimum atomic E-state index is -0.101. The van der Waals surface area contributed by atoms with Crippen molar-refractivity contribution in [1.29, 1.82) is 0 Å². The fourth-order valence-electron chi connectivity index (χ4n) is 1.73.